The van der Waals surface area contributed by atoms with Gasteiger partial charge in [0, 0.05) is 36.6 Å². The van der Waals surface area contributed by atoms with E-state index in [0.717, 1.165) is 23.0 Å². The number of anilines is 1. The van der Waals surface area contributed by atoms with Crippen molar-refractivity contribution < 1.29 is 18.3 Å². The molecule has 0 saturated heterocycles. The molecule has 2 rings (SSSR count). The molecule has 2 aromatic rings. The molecule has 0 radical (unpaired) electrons. The van der Waals surface area contributed by atoms with Crippen molar-refractivity contribution in [2.75, 3.05) is 18.1 Å². The van der Waals surface area contributed by atoms with Gasteiger partial charge in [0.2, 0.25) is 5.96 Å². The van der Waals surface area contributed by atoms with E-state index < -0.39 is 16.0 Å². The first-order valence-electron chi connectivity index (χ1n) is 10.7. The first-order valence-corrected chi connectivity index (χ1v) is 12.5. The number of carbonyl (C=O) groups is 1. The summed E-state index contributed by atoms with van der Waals surface area (Å²) in [7, 11) is -3.61. The molecule has 0 atom stereocenters. The van der Waals surface area contributed by atoms with E-state index in [1.165, 1.54) is 0 Å². The minimum atomic E-state index is -3.61. The molecule has 3 N–H and O–H groups in total. The molecule has 0 bridgehead atoms. The third kappa shape index (κ3) is 10.3. The van der Waals surface area contributed by atoms with E-state index in [9.17, 15) is 13.2 Å². The van der Waals surface area contributed by atoms with Crippen LogP contribution in [-0.2, 0) is 14.8 Å². The number of carboxylic acid groups (broad SMARTS) is 1. The van der Waals surface area contributed by atoms with Crippen molar-refractivity contribution in [1.29, 1.82) is 0 Å². The van der Waals surface area contributed by atoms with Gasteiger partial charge in [-0.25, -0.2) is 8.42 Å². The lowest BCUT2D eigenvalue weighted by Crippen LogP contribution is -2.37. The Morgan fingerprint density at radius 3 is 2.52 bits per heavy atom. The Morgan fingerprint density at radius 2 is 1.91 bits per heavy atom. The van der Waals surface area contributed by atoms with Crippen molar-refractivity contribution in [3.05, 3.63) is 66.0 Å². The Morgan fingerprint density at radius 1 is 1.18 bits per heavy atom. The van der Waals surface area contributed by atoms with E-state index in [-0.39, 0.29) is 17.8 Å². The summed E-state index contributed by atoms with van der Waals surface area (Å²) in [5.41, 5.74) is 3.30. The fourth-order valence-electron chi connectivity index (χ4n) is 2.94. The third-order valence-corrected chi connectivity index (χ3v) is 4.91. The van der Waals surface area contributed by atoms with Crippen LogP contribution in [-0.4, -0.2) is 43.2 Å². The first kappa shape index (κ1) is 26.1. The molecule has 1 aromatic carbocycles. The number of guanidine groups is 1. The average molecular weight is 473 g/mol. The summed E-state index contributed by atoms with van der Waals surface area (Å²) in [6.07, 6.45) is 7.72. The van der Waals surface area contributed by atoms with Gasteiger partial charge in [-0.3, -0.25) is 9.78 Å². The molecular formula is C24H32N4O4S. The molecule has 0 aliphatic heterocycles. The molecule has 0 amide bonds. The van der Waals surface area contributed by atoms with Crippen molar-refractivity contribution in [3.8, 4) is 0 Å². The number of unbranched alkanes of at least 4 members (excludes halogenated alkanes) is 1. The zero-order valence-electron chi connectivity index (χ0n) is 19.5. The number of nitrogens with one attached hydrogen (secondary N) is 2. The molecule has 0 unspecified atom stereocenters. The second-order valence-corrected chi connectivity index (χ2v) is 10.6. The number of aromatic nitrogens is 1. The highest BCUT2D eigenvalue weighted by Gasteiger charge is 2.13. The second-order valence-electron chi connectivity index (χ2n) is 8.94. The van der Waals surface area contributed by atoms with Crippen LogP contribution in [0.4, 0.5) is 5.69 Å². The number of pyridine rings is 1. The van der Waals surface area contributed by atoms with Gasteiger partial charge in [-0.15, -0.1) is 4.40 Å². The number of hydrogen-bond donors (Lipinski definition) is 3. The maximum absolute atomic E-state index is 11.8. The third-order valence-electron chi connectivity index (χ3n) is 4.40. The molecule has 0 fully saturated rings. The molecule has 178 valence electrons. The smallest absolute Gasteiger partial charge is 0.303 e. The number of sulfonamides is 1. The van der Waals surface area contributed by atoms with E-state index >= 15 is 0 Å². The van der Waals surface area contributed by atoms with Crippen molar-refractivity contribution in [1.82, 2.24) is 10.3 Å². The molecule has 8 nitrogen and oxygen atoms in total. The van der Waals surface area contributed by atoms with Crippen LogP contribution >= 0.6 is 0 Å². The van der Waals surface area contributed by atoms with Gasteiger partial charge >= 0.3 is 5.97 Å². The lowest BCUT2D eigenvalue weighted by Gasteiger charge is -2.21. The first-order chi connectivity index (χ1) is 15.4. The molecule has 0 aliphatic rings. The van der Waals surface area contributed by atoms with Crippen LogP contribution in [0.3, 0.4) is 0 Å². The summed E-state index contributed by atoms with van der Waals surface area (Å²) in [6, 6.07) is 11.3. The van der Waals surface area contributed by atoms with E-state index in [0.29, 0.717) is 25.1 Å². The van der Waals surface area contributed by atoms with Gasteiger partial charge in [0.15, 0.2) is 0 Å². The molecule has 0 saturated carbocycles. The lowest BCUT2D eigenvalue weighted by molar-refractivity contribution is -0.137. The van der Waals surface area contributed by atoms with Crippen LogP contribution < -0.4 is 10.6 Å². The van der Waals surface area contributed by atoms with Crippen LogP contribution in [0.2, 0.25) is 0 Å². The predicted octanol–water partition coefficient (Wildman–Crippen LogP) is 4.13. The maximum atomic E-state index is 11.8. The number of benzene rings is 1. The van der Waals surface area contributed by atoms with Crippen molar-refractivity contribution in [2.24, 2.45) is 9.81 Å². The van der Waals surface area contributed by atoms with Crippen LogP contribution in [0.25, 0.3) is 5.57 Å². The Bertz CT molecular complexity index is 1100. The number of hydrogen-bond acceptors (Lipinski definition) is 4. The SMILES string of the molecule is CC(C)(C)CNC(=NS(C)(=O)=O)Nc1cccc(C(=CCCCC(=O)O)c2cccnc2)c1. The number of aliphatic carboxylic acids is 1. The normalized spacial score (nSPS) is 13.0. The fourth-order valence-corrected chi connectivity index (χ4v) is 3.38. The fraction of sp³-hybridized carbons (Fsp3) is 0.375. The Kier molecular flexibility index (Phi) is 9.16. The van der Waals surface area contributed by atoms with Crippen LogP contribution in [0, 0.1) is 5.41 Å². The van der Waals surface area contributed by atoms with Gasteiger partial charge in [0.1, 0.15) is 0 Å². The summed E-state index contributed by atoms with van der Waals surface area (Å²) in [6.45, 7) is 6.63. The number of rotatable bonds is 9. The summed E-state index contributed by atoms with van der Waals surface area (Å²) in [5, 5.41) is 15.1. The highest BCUT2D eigenvalue weighted by molar-refractivity contribution is 7.89. The molecule has 1 heterocycles. The Hall–Kier alpha value is -3.20. The average Bonchev–Trinajstić information content (AvgIpc) is 2.71. The van der Waals surface area contributed by atoms with Crippen molar-refractivity contribution >= 4 is 33.2 Å². The molecule has 33 heavy (non-hydrogen) atoms. The van der Waals surface area contributed by atoms with Gasteiger partial charge in [-0.1, -0.05) is 45.0 Å². The van der Waals surface area contributed by atoms with E-state index in [1.807, 2.05) is 63.2 Å². The maximum Gasteiger partial charge on any atom is 0.303 e. The summed E-state index contributed by atoms with van der Waals surface area (Å²) in [4.78, 5) is 15.0. The highest BCUT2D eigenvalue weighted by Crippen LogP contribution is 2.26. The van der Waals surface area contributed by atoms with Gasteiger partial charge < -0.3 is 15.7 Å². The lowest BCUT2D eigenvalue weighted by atomic mass is 9.97. The molecular weight excluding hydrogens is 440 g/mol. The quantitative estimate of drug-likeness (QED) is 0.285. The number of nitrogens with zero attached hydrogens (tertiary/aromatic N) is 2. The van der Waals surface area contributed by atoms with Crippen LogP contribution in [0.5, 0.6) is 0 Å². The van der Waals surface area contributed by atoms with Gasteiger partial charge in [-0.05, 0) is 47.6 Å². The topological polar surface area (TPSA) is 121 Å². The zero-order valence-corrected chi connectivity index (χ0v) is 20.3. The van der Waals surface area contributed by atoms with E-state index in [2.05, 4.69) is 20.0 Å². The number of carboxylic acids is 1. The van der Waals surface area contributed by atoms with Crippen molar-refractivity contribution in [3.63, 3.8) is 0 Å². The zero-order chi connectivity index (χ0) is 24.5. The highest BCUT2D eigenvalue weighted by atomic mass is 32.2. The summed E-state index contributed by atoms with van der Waals surface area (Å²) in [5.74, 6) is -0.670. The Balaban J connectivity index is 2.35. The monoisotopic (exact) mass is 472 g/mol. The van der Waals surface area contributed by atoms with E-state index in [1.54, 1.807) is 12.4 Å². The second kappa shape index (κ2) is 11.6. The Labute approximate surface area is 195 Å². The van der Waals surface area contributed by atoms with Crippen LogP contribution in [0.1, 0.15) is 51.2 Å². The molecule has 9 heteroatoms. The summed E-state index contributed by atoms with van der Waals surface area (Å²) >= 11 is 0. The molecule has 1 aromatic heterocycles. The van der Waals surface area contributed by atoms with Gasteiger partial charge in [-0.2, -0.15) is 0 Å². The standard InChI is InChI=1S/C24H32N4O4S/c1-24(2,3)17-26-23(28-33(4,31)32)27-20-11-7-9-18(15-20)21(12-5-6-13-22(29)30)19-10-8-14-25-16-19/h7-12,14-16H,5-6,13,17H2,1-4H3,(H,29,30)(H2,26,27,28). The van der Waals surface area contributed by atoms with Gasteiger partial charge in [0.25, 0.3) is 10.0 Å². The van der Waals surface area contributed by atoms with Crippen molar-refractivity contribution in [2.45, 2.75) is 40.0 Å². The minimum absolute atomic E-state index is 0.0754. The summed E-state index contributed by atoms with van der Waals surface area (Å²) < 4.78 is 27.4. The molecule has 0 aliphatic carbocycles. The van der Waals surface area contributed by atoms with Gasteiger partial charge in [0.05, 0.1) is 6.26 Å². The minimum Gasteiger partial charge on any atom is -0.481 e. The number of allylic oxidation sites excluding steroid dienone is 1. The van der Waals surface area contributed by atoms with E-state index in [4.69, 9.17) is 5.11 Å². The predicted molar refractivity (Wildman–Crippen MR) is 133 cm³/mol. The molecule has 0 spiro atoms. The van der Waals surface area contributed by atoms with Crippen LogP contribution in [0.15, 0.2) is 59.3 Å². The largest absolute Gasteiger partial charge is 0.481 e.